The molecule has 7 nitrogen and oxygen atoms in total. The molecule has 190 valence electrons. The highest BCUT2D eigenvalue weighted by Crippen LogP contribution is 2.38. The van der Waals surface area contributed by atoms with E-state index in [4.69, 9.17) is 21.1 Å². The summed E-state index contributed by atoms with van der Waals surface area (Å²) in [6.45, 7) is 4.35. The molecule has 4 amide bonds. The van der Waals surface area contributed by atoms with Crippen molar-refractivity contribution in [3.63, 3.8) is 0 Å². The zero-order valence-electron chi connectivity index (χ0n) is 19.8. The molecule has 0 saturated carbocycles. The fourth-order valence-corrected chi connectivity index (χ4v) is 4.70. The quantitative estimate of drug-likeness (QED) is 0.170. The van der Waals surface area contributed by atoms with E-state index in [0.717, 1.165) is 19.6 Å². The van der Waals surface area contributed by atoms with Crippen molar-refractivity contribution in [2.45, 2.75) is 20.5 Å². The molecule has 1 aliphatic rings. The number of amides is 4. The monoisotopic (exact) mass is 694 g/mol. The minimum Gasteiger partial charge on any atom is -0.490 e. The predicted octanol–water partition coefficient (Wildman–Crippen LogP) is 6.66. The molecule has 3 aromatic rings. The van der Waals surface area contributed by atoms with E-state index >= 15 is 0 Å². The van der Waals surface area contributed by atoms with E-state index in [1.165, 1.54) is 12.1 Å². The summed E-state index contributed by atoms with van der Waals surface area (Å²) in [6, 6.07) is 15.3. The zero-order valence-corrected chi connectivity index (χ0v) is 24.3. The molecule has 0 aromatic heterocycles. The van der Waals surface area contributed by atoms with Crippen LogP contribution in [-0.4, -0.2) is 24.5 Å². The van der Waals surface area contributed by atoms with Crippen LogP contribution in [0.4, 0.5) is 10.5 Å². The minimum atomic E-state index is -0.845. The summed E-state index contributed by atoms with van der Waals surface area (Å²) in [5.41, 5.74) is 2.34. The Bertz CT molecular complexity index is 1430. The summed E-state index contributed by atoms with van der Waals surface area (Å²) in [5.74, 6) is -0.622. The Morgan fingerprint density at radius 1 is 1.05 bits per heavy atom. The highest BCUT2D eigenvalue weighted by molar-refractivity contribution is 14.1. The number of benzene rings is 3. The van der Waals surface area contributed by atoms with Gasteiger partial charge >= 0.3 is 6.03 Å². The molecule has 1 saturated heterocycles. The zero-order chi connectivity index (χ0) is 26.7. The van der Waals surface area contributed by atoms with E-state index in [1.807, 2.05) is 31.2 Å². The van der Waals surface area contributed by atoms with Gasteiger partial charge in [0.05, 0.1) is 16.8 Å². The lowest BCUT2D eigenvalue weighted by molar-refractivity contribution is -0.122. The summed E-state index contributed by atoms with van der Waals surface area (Å²) in [4.78, 5) is 39.3. The Morgan fingerprint density at radius 3 is 2.46 bits per heavy atom. The molecular formula is C27H21BrClIN2O5. The molecule has 4 rings (SSSR count). The average Bonchev–Trinajstić information content (AvgIpc) is 2.84. The molecule has 0 unspecified atom stereocenters. The number of nitrogens with one attached hydrogen (secondary N) is 1. The van der Waals surface area contributed by atoms with Crippen molar-refractivity contribution in [2.24, 2.45) is 0 Å². The summed E-state index contributed by atoms with van der Waals surface area (Å²) in [7, 11) is 0. The maximum absolute atomic E-state index is 13.3. The van der Waals surface area contributed by atoms with Gasteiger partial charge in [-0.15, -0.1) is 0 Å². The molecular weight excluding hydrogens is 675 g/mol. The van der Waals surface area contributed by atoms with Gasteiger partial charge in [-0.1, -0.05) is 29.8 Å². The lowest BCUT2D eigenvalue weighted by Crippen LogP contribution is -2.54. The first-order valence-corrected chi connectivity index (χ1v) is 13.4. The van der Waals surface area contributed by atoms with Gasteiger partial charge in [0, 0.05) is 8.59 Å². The third-order valence-electron chi connectivity index (χ3n) is 5.45. The van der Waals surface area contributed by atoms with Gasteiger partial charge in [-0.2, -0.15) is 0 Å². The molecule has 1 N–H and O–H groups in total. The second-order valence-corrected chi connectivity index (χ2v) is 10.6. The second-order valence-electron chi connectivity index (χ2n) is 8.07. The molecule has 0 aliphatic carbocycles. The van der Waals surface area contributed by atoms with E-state index in [1.54, 1.807) is 31.2 Å². The van der Waals surface area contributed by atoms with Crippen LogP contribution in [0, 0.1) is 10.5 Å². The van der Waals surface area contributed by atoms with Crippen LogP contribution in [0.1, 0.15) is 23.6 Å². The van der Waals surface area contributed by atoms with Crippen LogP contribution in [-0.2, 0) is 16.2 Å². The number of hydrogen-bond donors (Lipinski definition) is 1. The lowest BCUT2D eigenvalue weighted by atomic mass is 10.1. The molecule has 1 fully saturated rings. The van der Waals surface area contributed by atoms with Gasteiger partial charge in [0.2, 0.25) is 0 Å². The SMILES string of the molecule is CCOc1cc(/C=C2/C(=O)NC(=O)N(c3ccc(C)c(Cl)c3)C2=O)cc(Br)c1OCc1ccc(I)cc1. The van der Waals surface area contributed by atoms with Gasteiger partial charge in [-0.3, -0.25) is 14.9 Å². The topological polar surface area (TPSA) is 84.9 Å². The van der Waals surface area contributed by atoms with Crippen molar-refractivity contribution >= 4 is 79.7 Å². The third kappa shape index (κ3) is 6.16. The summed E-state index contributed by atoms with van der Waals surface area (Å²) in [5, 5.41) is 2.61. The maximum Gasteiger partial charge on any atom is 0.335 e. The van der Waals surface area contributed by atoms with E-state index in [-0.39, 0.29) is 11.3 Å². The van der Waals surface area contributed by atoms with Crippen LogP contribution in [0.3, 0.4) is 0 Å². The molecule has 37 heavy (non-hydrogen) atoms. The summed E-state index contributed by atoms with van der Waals surface area (Å²) >= 11 is 12.0. The van der Waals surface area contributed by atoms with Gasteiger partial charge in [-0.25, -0.2) is 9.69 Å². The van der Waals surface area contributed by atoms with Gasteiger partial charge in [0.1, 0.15) is 12.2 Å². The summed E-state index contributed by atoms with van der Waals surface area (Å²) in [6.07, 6.45) is 1.41. The van der Waals surface area contributed by atoms with Crippen molar-refractivity contribution in [2.75, 3.05) is 11.5 Å². The maximum atomic E-state index is 13.3. The Kier molecular flexibility index (Phi) is 8.56. The number of halogens is 3. The van der Waals surface area contributed by atoms with Crippen molar-refractivity contribution in [3.8, 4) is 11.5 Å². The van der Waals surface area contributed by atoms with Gasteiger partial charge in [-0.05, 0) is 112 Å². The van der Waals surface area contributed by atoms with Crippen LogP contribution < -0.4 is 19.7 Å². The molecule has 3 aromatic carbocycles. The predicted molar refractivity (Wildman–Crippen MR) is 154 cm³/mol. The lowest BCUT2D eigenvalue weighted by Gasteiger charge is -2.26. The van der Waals surface area contributed by atoms with Crippen molar-refractivity contribution in [1.29, 1.82) is 0 Å². The molecule has 1 heterocycles. The van der Waals surface area contributed by atoms with E-state index in [2.05, 4.69) is 43.8 Å². The molecule has 0 spiro atoms. The third-order valence-corrected chi connectivity index (χ3v) is 7.17. The second kappa shape index (κ2) is 11.7. The first-order chi connectivity index (χ1) is 17.7. The highest BCUT2D eigenvalue weighted by atomic mass is 127. The largest absolute Gasteiger partial charge is 0.490 e. The number of imide groups is 2. The highest BCUT2D eigenvalue weighted by Gasteiger charge is 2.37. The van der Waals surface area contributed by atoms with Crippen LogP contribution in [0.15, 0.2) is 64.6 Å². The molecule has 1 aliphatic heterocycles. The number of ether oxygens (including phenoxy) is 2. The Labute approximate surface area is 241 Å². The standard InChI is InChI=1S/C27H21BrClIN2O5/c1-3-36-23-12-17(11-21(28)24(23)37-14-16-5-7-18(30)8-6-16)10-20-25(33)31-27(35)32(26(20)34)19-9-4-15(2)22(29)13-19/h4-13H,3,14H2,1-2H3,(H,31,33,35)/b20-10-. The Hall–Kier alpha value is -2.89. The Morgan fingerprint density at radius 2 is 1.78 bits per heavy atom. The fourth-order valence-electron chi connectivity index (χ4n) is 3.59. The van der Waals surface area contributed by atoms with E-state index in [0.29, 0.717) is 39.8 Å². The van der Waals surface area contributed by atoms with Gasteiger partial charge in [0.15, 0.2) is 11.5 Å². The fraction of sp³-hybridized carbons (Fsp3) is 0.148. The first kappa shape index (κ1) is 27.2. The smallest absolute Gasteiger partial charge is 0.335 e. The van der Waals surface area contributed by atoms with Crippen LogP contribution in [0.2, 0.25) is 5.02 Å². The number of carbonyl (C=O) groups is 3. The van der Waals surface area contributed by atoms with Gasteiger partial charge < -0.3 is 9.47 Å². The molecule has 0 radical (unpaired) electrons. The number of hydrogen-bond acceptors (Lipinski definition) is 5. The van der Waals surface area contributed by atoms with Crippen LogP contribution in [0.5, 0.6) is 11.5 Å². The first-order valence-electron chi connectivity index (χ1n) is 11.2. The van der Waals surface area contributed by atoms with E-state index < -0.39 is 17.8 Å². The molecule has 0 atom stereocenters. The molecule has 10 heteroatoms. The van der Waals surface area contributed by atoms with Crippen LogP contribution in [0.25, 0.3) is 6.08 Å². The number of aryl methyl sites for hydroxylation is 1. The van der Waals surface area contributed by atoms with E-state index in [9.17, 15) is 14.4 Å². The van der Waals surface area contributed by atoms with Crippen molar-refractivity contribution in [3.05, 3.63) is 89.9 Å². The summed E-state index contributed by atoms with van der Waals surface area (Å²) < 4.78 is 13.5. The van der Waals surface area contributed by atoms with Gasteiger partial charge in [0.25, 0.3) is 11.8 Å². The number of urea groups is 1. The average molecular weight is 696 g/mol. The van der Waals surface area contributed by atoms with Crippen molar-refractivity contribution in [1.82, 2.24) is 5.32 Å². The van der Waals surface area contributed by atoms with Crippen molar-refractivity contribution < 1.29 is 23.9 Å². The number of anilines is 1. The normalized spacial score (nSPS) is 14.7. The number of carbonyl (C=O) groups excluding carboxylic acids is 3. The molecule has 0 bridgehead atoms. The minimum absolute atomic E-state index is 0.210. The number of barbiturate groups is 1. The number of nitrogens with zero attached hydrogens (tertiary/aromatic N) is 1. The van der Waals surface area contributed by atoms with Crippen LogP contribution >= 0.6 is 50.1 Å². The Balaban J connectivity index is 1.66. The number of rotatable bonds is 7.